The van der Waals surface area contributed by atoms with Gasteiger partial charge in [0.15, 0.2) is 0 Å². The number of para-hydroxylation sites is 1. The normalized spacial score (nSPS) is 11.9. The molecular formula is C44H26O2. The molecule has 0 saturated carbocycles. The Morgan fingerprint density at radius 1 is 0.283 bits per heavy atom. The lowest BCUT2D eigenvalue weighted by atomic mass is 9.85. The first-order chi connectivity index (χ1) is 22.8. The molecule has 0 aliphatic heterocycles. The van der Waals surface area contributed by atoms with Gasteiger partial charge >= 0.3 is 0 Å². The van der Waals surface area contributed by atoms with Gasteiger partial charge in [-0.2, -0.15) is 0 Å². The van der Waals surface area contributed by atoms with Gasteiger partial charge in [-0.05, 0) is 91.3 Å². The first kappa shape index (κ1) is 25.2. The van der Waals surface area contributed by atoms with E-state index in [1.54, 1.807) is 0 Å². The molecule has 0 spiro atoms. The molecule has 0 radical (unpaired) electrons. The summed E-state index contributed by atoms with van der Waals surface area (Å²) in [7, 11) is 0. The number of hydrogen-bond donors (Lipinski definition) is 0. The third-order valence-electron chi connectivity index (χ3n) is 9.46. The number of fused-ring (bicyclic) bond motifs is 9. The minimum Gasteiger partial charge on any atom is -0.456 e. The average Bonchev–Trinajstić information content (AvgIpc) is 3.69. The lowest BCUT2D eigenvalue weighted by Gasteiger charge is -2.18. The Balaban J connectivity index is 1.23. The minimum atomic E-state index is 0.844. The molecule has 8 aromatic carbocycles. The summed E-state index contributed by atoms with van der Waals surface area (Å²) in [5.41, 5.74) is 10.7. The van der Waals surface area contributed by atoms with Crippen molar-refractivity contribution >= 4 is 65.4 Å². The fraction of sp³-hybridized carbons (Fsp3) is 0. The summed E-state index contributed by atoms with van der Waals surface area (Å²) in [6.45, 7) is 0. The molecule has 46 heavy (non-hydrogen) atoms. The highest BCUT2D eigenvalue weighted by atomic mass is 16.3. The van der Waals surface area contributed by atoms with Crippen LogP contribution in [0, 0.1) is 0 Å². The highest BCUT2D eigenvalue weighted by molar-refractivity contribution is 6.24. The maximum Gasteiger partial charge on any atom is 0.147 e. The maximum absolute atomic E-state index is 6.71. The number of furan rings is 2. The van der Waals surface area contributed by atoms with E-state index in [2.05, 4.69) is 146 Å². The van der Waals surface area contributed by atoms with Crippen LogP contribution in [-0.2, 0) is 0 Å². The van der Waals surface area contributed by atoms with E-state index in [1.165, 1.54) is 49.4 Å². The Kier molecular flexibility index (Phi) is 5.31. The highest BCUT2D eigenvalue weighted by Crippen LogP contribution is 2.46. The van der Waals surface area contributed by atoms with Gasteiger partial charge in [-0.15, -0.1) is 0 Å². The first-order valence-corrected chi connectivity index (χ1v) is 15.7. The van der Waals surface area contributed by atoms with Crippen LogP contribution in [0.4, 0.5) is 0 Å². The molecule has 0 atom stereocenters. The Hall–Kier alpha value is -6.12. The van der Waals surface area contributed by atoms with E-state index in [-0.39, 0.29) is 0 Å². The molecule has 2 aromatic heterocycles. The maximum atomic E-state index is 6.71. The molecule has 214 valence electrons. The standard InChI is InChI=1S/C44H26O2/c1-2-11-27(12-3-1)28-13-10-14-29(25-28)41-32-15-4-6-17-34(32)42(35-18-7-5-16-33(35)41)30-21-22-31-36-23-24-39-43(44(36)46-40(31)26-30)37-19-8-9-20-38(37)45-39/h1-26H. The Morgan fingerprint density at radius 2 is 0.848 bits per heavy atom. The molecule has 2 nitrogen and oxygen atoms in total. The van der Waals surface area contributed by atoms with Gasteiger partial charge in [-0.25, -0.2) is 0 Å². The zero-order valence-electron chi connectivity index (χ0n) is 24.8. The van der Waals surface area contributed by atoms with E-state index in [9.17, 15) is 0 Å². The van der Waals surface area contributed by atoms with Gasteiger partial charge in [-0.3, -0.25) is 0 Å². The van der Waals surface area contributed by atoms with Crippen LogP contribution in [0.25, 0.3) is 98.8 Å². The smallest absolute Gasteiger partial charge is 0.147 e. The van der Waals surface area contributed by atoms with E-state index in [4.69, 9.17) is 8.83 Å². The third-order valence-corrected chi connectivity index (χ3v) is 9.46. The van der Waals surface area contributed by atoms with Gasteiger partial charge in [0.2, 0.25) is 0 Å². The van der Waals surface area contributed by atoms with Crippen LogP contribution in [0.15, 0.2) is 167 Å². The fourth-order valence-corrected chi connectivity index (χ4v) is 7.43. The Morgan fingerprint density at radius 3 is 1.57 bits per heavy atom. The highest BCUT2D eigenvalue weighted by Gasteiger charge is 2.20. The van der Waals surface area contributed by atoms with Crippen LogP contribution >= 0.6 is 0 Å². The predicted octanol–water partition coefficient (Wildman–Crippen LogP) is 12.8. The Bertz CT molecular complexity index is 2740. The lowest BCUT2D eigenvalue weighted by Crippen LogP contribution is -1.91. The molecule has 0 fully saturated rings. The van der Waals surface area contributed by atoms with Crippen molar-refractivity contribution in [3.8, 4) is 33.4 Å². The predicted molar refractivity (Wildman–Crippen MR) is 192 cm³/mol. The van der Waals surface area contributed by atoms with Crippen molar-refractivity contribution in [3.05, 3.63) is 158 Å². The van der Waals surface area contributed by atoms with Crippen LogP contribution in [-0.4, -0.2) is 0 Å². The number of rotatable bonds is 3. The zero-order chi connectivity index (χ0) is 30.2. The van der Waals surface area contributed by atoms with Gasteiger partial charge in [-0.1, -0.05) is 121 Å². The average molecular weight is 587 g/mol. The van der Waals surface area contributed by atoms with Crippen molar-refractivity contribution in [2.75, 3.05) is 0 Å². The van der Waals surface area contributed by atoms with Gasteiger partial charge in [0.1, 0.15) is 22.3 Å². The van der Waals surface area contributed by atoms with Crippen molar-refractivity contribution in [2.45, 2.75) is 0 Å². The Labute approximate surface area is 264 Å². The van der Waals surface area contributed by atoms with E-state index in [1.807, 2.05) is 12.1 Å². The van der Waals surface area contributed by atoms with Gasteiger partial charge < -0.3 is 8.83 Å². The first-order valence-electron chi connectivity index (χ1n) is 15.7. The summed E-state index contributed by atoms with van der Waals surface area (Å²) in [5.74, 6) is 0. The van der Waals surface area contributed by atoms with E-state index in [0.29, 0.717) is 0 Å². The van der Waals surface area contributed by atoms with Gasteiger partial charge in [0, 0.05) is 16.2 Å². The van der Waals surface area contributed by atoms with Crippen molar-refractivity contribution in [1.29, 1.82) is 0 Å². The lowest BCUT2D eigenvalue weighted by molar-refractivity contribution is 0.663. The molecule has 0 amide bonds. The summed E-state index contributed by atoms with van der Waals surface area (Å²) in [6, 6.07) is 56.2. The van der Waals surface area contributed by atoms with Crippen LogP contribution in [0.2, 0.25) is 0 Å². The second kappa shape index (κ2) is 9.69. The van der Waals surface area contributed by atoms with E-state index >= 15 is 0 Å². The molecule has 0 N–H and O–H groups in total. The van der Waals surface area contributed by atoms with E-state index < -0.39 is 0 Å². The zero-order valence-corrected chi connectivity index (χ0v) is 24.8. The van der Waals surface area contributed by atoms with Crippen molar-refractivity contribution in [1.82, 2.24) is 0 Å². The summed E-state index contributed by atoms with van der Waals surface area (Å²) in [4.78, 5) is 0. The van der Waals surface area contributed by atoms with Crippen LogP contribution in [0.3, 0.4) is 0 Å². The quantitative estimate of drug-likeness (QED) is 0.193. The monoisotopic (exact) mass is 586 g/mol. The molecule has 10 rings (SSSR count). The third kappa shape index (κ3) is 3.65. The summed E-state index contributed by atoms with van der Waals surface area (Å²) in [6.07, 6.45) is 0. The summed E-state index contributed by atoms with van der Waals surface area (Å²) >= 11 is 0. The van der Waals surface area contributed by atoms with Crippen molar-refractivity contribution in [2.24, 2.45) is 0 Å². The molecule has 0 aliphatic rings. The molecule has 0 unspecified atom stereocenters. The van der Waals surface area contributed by atoms with Crippen molar-refractivity contribution < 1.29 is 8.83 Å². The molecule has 0 saturated heterocycles. The molecule has 2 heteroatoms. The second-order valence-corrected chi connectivity index (χ2v) is 12.0. The van der Waals surface area contributed by atoms with E-state index in [0.717, 1.165) is 49.4 Å². The topological polar surface area (TPSA) is 26.3 Å². The molecule has 2 heterocycles. The largest absolute Gasteiger partial charge is 0.456 e. The molecule has 0 aliphatic carbocycles. The molecule has 0 bridgehead atoms. The second-order valence-electron chi connectivity index (χ2n) is 12.0. The molecular weight excluding hydrogens is 560 g/mol. The summed E-state index contributed by atoms with van der Waals surface area (Å²) in [5, 5.41) is 9.23. The molecule has 10 aromatic rings. The fourth-order valence-electron chi connectivity index (χ4n) is 7.43. The minimum absolute atomic E-state index is 0.844. The van der Waals surface area contributed by atoms with Crippen LogP contribution < -0.4 is 0 Å². The van der Waals surface area contributed by atoms with Crippen LogP contribution in [0.5, 0.6) is 0 Å². The van der Waals surface area contributed by atoms with Crippen molar-refractivity contribution in [3.63, 3.8) is 0 Å². The van der Waals surface area contributed by atoms with Gasteiger partial charge in [0.25, 0.3) is 0 Å². The SMILES string of the molecule is c1ccc(-c2cccc(-c3c4ccccc4c(-c4ccc5c(c4)oc4c5ccc5oc6ccccc6c54)c4ccccc34)c2)cc1. The van der Waals surface area contributed by atoms with Crippen LogP contribution in [0.1, 0.15) is 0 Å². The number of hydrogen-bond acceptors (Lipinski definition) is 2. The summed E-state index contributed by atoms with van der Waals surface area (Å²) < 4.78 is 12.9. The van der Waals surface area contributed by atoms with Gasteiger partial charge in [0.05, 0.1) is 5.39 Å². The number of benzene rings is 8.